The van der Waals surface area contributed by atoms with E-state index in [0.717, 1.165) is 12.8 Å². The maximum Gasteiger partial charge on any atom is 0.254 e. The number of nitrogens with two attached hydrogens (primary N) is 1. The molecular weight excluding hydrogens is 333 g/mol. The molecule has 0 spiro atoms. The number of nitrogens with one attached hydrogen (secondary N) is 1. The number of piperidine rings is 1. The van der Waals surface area contributed by atoms with E-state index in [2.05, 4.69) is 5.32 Å². The molecule has 24 heavy (non-hydrogen) atoms. The highest BCUT2D eigenvalue weighted by atomic mass is 35.5. The number of hydrogen-bond acceptors (Lipinski definition) is 3. The fourth-order valence-corrected chi connectivity index (χ4v) is 2.69. The van der Waals surface area contributed by atoms with Crippen LogP contribution in [0.5, 0.6) is 0 Å². The Kier molecular flexibility index (Phi) is 7.63. The Hall–Kier alpha value is -1.66. The van der Waals surface area contributed by atoms with E-state index in [0.29, 0.717) is 13.1 Å². The molecule has 1 aromatic carbocycles. The van der Waals surface area contributed by atoms with Crippen molar-refractivity contribution in [2.24, 2.45) is 11.7 Å². The SMILES string of the molecule is CC(C)C(NC(=O)c1ccccc1F)C(=O)N1CCC(N)CC1.Cl. The smallest absolute Gasteiger partial charge is 0.254 e. The normalized spacial score (nSPS) is 16.5. The van der Waals surface area contributed by atoms with Crippen LogP contribution in [-0.2, 0) is 4.79 Å². The van der Waals surface area contributed by atoms with Gasteiger partial charge in [-0.1, -0.05) is 26.0 Å². The molecule has 0 radical (unpaired) electrons. The van der Waals surface area contributed by atoms with Gasteiger partial charge in [-0.3, -0.25) is 9.59 Å². The van der Waals surface area contributed by atoms with Crippen molar-refractivity contribution >= 4 is 24.2 Å². The van der Waals surface area contributed by atoms with Gasteiger partial charge in [0.25, 0.3) is 5.91 Å². The van der Waals surface area contributed by atoms with E-state index in [4.69, 9.17) is 5.73 Å². The van der Waals surface area contributed by atoms with Crippen molar-refractivity contribution in [2.75, 3.05) is 13.1 Å². The number of nitrogens with zero attached hydrogens (tertiary/aromatic N) is 1. The molecule has 7 heteroatoms. The van der Waals surface area contributed by atoms with Gasteiger partial charge >= 0.3 is 0 Å². The third-order valence-corrected chi connectivity index (χ3v) is 4.19. The average molecular weight is 358 g/mol. The van der Waals surface area contributed by atoms with Crippen LogP contribution in [0.15, 0.2) is 24.3 Å². The summed E-state index contributed by atoms with van der Waals surface area (Å²) in [6.07, 6.45) is 1.52. The first-order valence-corrected chi connectivity index (χ1v) is 8.00. The fourth-order valence-electron chi connectivity index (χ4n) is 2.69. The van der Waals surface area contributed by atoms with E-state index in [1.165, 1.54) is 18.2 Å². The van der Waals surface area contributed by atoms with Gasteiger partial charge in [-0.05, 0) is 30.9 Å². The van der Waals surface area contributed by atoms with Gasteiger partial charge < -0.3 is 16.0 Å². The highest BCUT2D eigenvalue weighted by Gasteiger charge is 2.31. The summed E-state index contributed by atoms with van der Waals surface area (Å²) in [4.78, 5) is 26.7. The average Bonchev–Trinajstić information content (AvgIpc) is 2.52. The molecule has 1 heterocycles. The predicted octanol–water partition coefficient (Wildman–Crippen LogP) is 1.95. The molecule has 1 unspecified atom stereocenters. The second-order valence-electron chi connectivity index (χ2n) is 6.34. The third kappa shape index (κ3) is 4.92. The van der Waals surface area contributed by atoms with Crippen LogP contribution in [0.1, 0.15) is 37.0 Å². The van der Waals surface area contributed by atoms with Crippen LogP contribution in [0.2, 0.25) is 0 Å². The molecule has 0 saturated carbocycles. The Morgan fingerprint density at radius 2 is 1.83 bits per heavy atom. The summed E-state index contributed by atoms with van der Waals surface area (Å²) in [5.74, 6) is -1.38. The molecule has 2 amide bonds. The van der Waals surface area contributed by atoms with Gasteiger partial charge in [0.1, 0.15) is 11.9 Å². The molecule has 1 aliphatic rings. The van der Waals surface area contributed by atoms with Crippen molar-refractivity contribution < 1.29 is 14.0 Å². The number of carbonyl (C=O) groups is 2. The Bertz CT molecular complexity index is 575. The lowest BCUT2D eigenvalue weighted by molar-refractivity contribution is -0.135. The second-order valence-corrected chi connectivity index (χ2v) is 6.34. The number of amides is 2. The first kappa shape index (κ1) is 20.4. The third-order valence-electron chi connectivity index (χ3n) is 4.19. The number of likely N-dealkylation sites (tertiary alicyclic amines) is 1. The van der Waals surface area contributed by atoms with Crippen LogP contribution < -0.4 is 11.1 Å². The fraction of sp³-hybridized carbons (Fsp3) is 0.529. The zero-order valence-electron chi connectivity index (χ0n) is 14.0. The van der Waals surface area contributed by atoms with Crippen LogP contribution in [-0.4, -0.2) is 41.9 Å². The molecule has 0 aromatic heterocycles. The number of benzene rings is 1. The second kappa shape index (κ2) is 8.99. The lowest BCUT2D eigenvalue weighted by atomic mass is 9.99. The molecule has 134 valence electrons. The van der Waals surface area contributed by atoms with Crippen molar-refractivity contribution in [2.45, 2.75) is 38.8 Å². The molecule has 1 atom stereocenters. The first-order valence-electron chi connectivity index (χ1n) is 8.00. The summed E-state index contributed by atoms with van der Waals surface area (Å²) in [7, 11) is 0. The van der Waals surface area contributed by atoms with Gasteiger partial charge in [-0.2, -0.15) is 0 Å². The minimum atomic E-state index is -0.670. The standard InChI is InChI=1S/C17H24FN3O2.ClH/c1-11(2)15(17(23)21-9-7-12(19)8-10-21)20-16(22)13-5-3-4-6-14(13)18;/h3-6,11-12,15H,7-10,19H2,1-2H3,(H,20,22);1H. The van der Waals surface area contributed by atoms with Crippen LogP contribution in [0.3, 0.4) is 0 Å². The van der Waals surface area contributed by atoms with Crippen LogP contribution in [0.4, 0.5) is 4.39 Å². The lowest BCUT2D eigenvalue weighted by Gasteiger charge is -2.34. The van der Waals surface area contributed by atoms with Gasteiger partial charge in [-0.15, -0.1) is 12.4 Å². The van der Waals surface area contributed by atoms with E-state index in [9.17, 15) is 14.0 Å². The Labute approximate surface area is 148 Å². The van der Waals surface area contributed by atoms with Crippen molar-refractivity contribution in [3.63, 3.8) is 0 Å². The van der Waals surface area contributed by atoms with Crippen LogP contribution in [0.25, 0.3) is 0 Å². The minimum Gasteiger partial charge on any atom is -0.341 e. The molecule has 2 rings (SSSR count). The van der Waals surface area contributed by atoms with Gasteiger partial charge in [0.15, 0.2) is 0 Å². The van der Waals surface area contributed by atoms with Crippen LogP contribution >= 0.6 is 12.4 Å². The molecular formula is C17H25ClFN3O2. The number of hydrogen-bond donors (Lipinski definition) is 2. The molecule has 0 bridgehead atoms. The molecule has 1 aromatic rings. The van der Waals surface area contributed by atoms with Gasteiger partial charge in [-0.25, -0.2) is 4.39 Å². The Morgan fingerprint density at radius 3 is 2.38 bits per heavy atom. The maximum atomic E-state index is 13.7. The lowest BCUT2D eigenvalue weighted by Crippen LogP contribution is -2.54. The topological polar surface area (TPSA) is 75.4 Å². The molecule has 3 N–H and O–H groups in total. The number of halogens is 2. The molecule has 1 aliphatic heterocycles. The number of rotatable bonds is 4. The van der Waals surface area contributed by atoms with Crippen molar-refractivity contribution in [1.82, 2.24) is 10.2 Å². The van der Waals surface area contributed by atoms with E-state index in [1.54, 1.807) is 11.0 Å². The van der Waals surface area contributed by atoms with Gasteiger partial charge in [0, 0.05) is 19.1 Å². The van der Waals surface area contributed by atoms with E-state index in [1.807, 2.05) is 13.8 Å². The van der Waals surface area contributed by atoms with Crippen molar-refractivity contribution in [3.05, 3.63) is 35.6 Å². The zero-order chi connectivity index (χ0) is 17.0. The highest BCUT2D eigenvalue weighted by molar-refractivity contribution is 5.97. The summed E-state index contributed by atoms with van der Waals surface area (Å²) in [5.41, 5.74) is 5.81. The summed E-state index contributed by atoms with van der Waals surface area (Å²) >= 11 is 0. The summed E-state index contributed by atoms with van der Waals surface area (Å²) in [6.45, 7) is 4.91. The van der Waals surface area contributed by atoms with Gasteiger partial charge in [0.2, 0.25) is 5.91 Å². The van der Waals surface area contributed by atoms with E-state index >= 15 is 0 Å². The predicted molar refractivity (Wildman–Crippen MR) is 93.5 cm³/mol. The van der Waals surface area contributed by atoms with E-state index < -0.39 is 17.8 Å². The summed E-state index contributed by atoms with van der Waals surface area (Å²) in [5, 5.41) is 2.68. The summed E-state index contributed by atoms with van der Waals surface area (Å²) < 4.78 is 13.7. The zero-order valence-corrected chi connectivity index (χ0v) is 14.8. The molecule has 0 aliphatic carbocycles. The molecule has 1 fully saturated rings. The van der Waals surface area contributed by atoms with Gasteiger partial charge in [0.05, 0.1) is 5.56 Å². The monoisotopic (exact) mass is 357 g/mol. The minimum absolute atomic E-state index is 0. The largest absolute Gasteiger partial charge is 0.341 e. The molecule has 5 nitrogen and oxygen atoms in total. The van der Waals surface area contributed by atoms with Crippen molar-refractivity contribution in [1.29, 1.82) is 0 Å². The quantitative estimate of drug-likeness (QED) is 0.864. The first-order chi connectivity index (χ1) is 10.9. The highest BCUT2D eigenvalue weighted by Crippen LogP contribution is 2.14. The Morgan fingerprint density at radius 1 is 1.25 bits per heavy atom. The number of carbonyl (C=O) groups excluding carboxylic acids is 2. The van der Waals surface area contributed by atoms with E-state index in [-0.39, 0.29) is 35.8 Å². The maximum absolute atomic E-state index is 13.7. The van der Waals surface area contributed by atoms with Crippen LogP contribution in [0, 0.1) is 11.7 Å². The molecule has 1 saturated heterocycles. The Balaban J connectivity index is 0.00000288. The summed E-state index contributed by atoms with van der Waals surface area (Å²) in [6, 6.07) is 5.21. The van der Waals surface area contributed by atoms with Crippen molar-refractivity contribution in [3.8, 4) is 0 Å².